The predicted octanol–water partition coefficient (Wildman–Crippen LogP) is 3.94. The molecule has 4 heteroatoms. The van der Waals surface area contributed by atoms with Crippen LogP contribution in [0.3, 0.4) is 0 Å². The van der Waals surface area contributed by atoms with Crippen molar-refractivity contribution >= 4 is 8.25 Å². The minimum absolute atomic E-state index is 0.0792. The Morgan fingerprint density at radius 1 is 1.00 bits per heavy atom. The summed E-state index contributed by atoms with van der Waals surface area (Å²) in [6, 6.07) is 0. The molecule has 2 atom stereocenters. The summed E-state index contributed by atoms with van der Waals surface area (Å²) in [7, 11) is -2.69. The lowest BCUT2D eigenvalue weighted by Crippen LogP contribution is -2.11. The van der Waals surface area contributed by atoms with Gasteiger partial charge < -0.3 is 4.89 Å². The second kappa shape index (κ2) is 11.5. The van der Waals surface area contributed by atoms with E-state index >= 15 is 0 Å². The first-order chi connectivity index (χ1) is 7.70. The van der Waals surface area contributed by atoms with Crippen LogP contribution in [0.25, 0.3) is 0 Å². The Balaban J connectivity index is 3.67. The molecule has 0 fully saturated rings. The molecule has 0 spiro atoms. The highest BCUT2D eigenvalue weighted by Gasteiger charge is 2.16. The predicted molar refractivity (Wildman–Crippen MR) is 65.4 cm³/mol. The van der Waals surface area contributed by atoms with Crippen molar-refractivity contribution in [3.8, 4) is 0 Å². The van der Waals surface area contributed by atoms with E-state index in [1.807, 2.05) is 0 Å². The van der Waals surface area contributed by atoms with Gasteiger partial charge in [0.25, 0.3) is 0 Å². The highest BCUT2D eigenvalue weighted by Crippen LogP contribution is 2.22. The number of hydrogen-bond acceptors (Lipinski definition) is 3. The summed E-state index contributed by atoms with van der Waals surface area (Å²) in [5.41, 5.74) is 0. The van der Waals surface area contributed by atoms with Crippen LogP contribution in [0.15, 0.2) is 0 Å². The van der Waals surface area contributed by atoms with Gasteiger partial charge in [-0.15, -0.1) is 4.52 Å². The maximum Gasteiger partial charge on any atom is 0.488 e. The van der Waals surface area contributed by atoms with Crippen LogP contribution in [0.4, 0.5) is 0 Å². The van der Waals surface area contributed by atoms with Gasteiger partial charge in [0.15, 0.2) is 0 Å². The molecule has 16 heavy (non-hydrogen) atoms. The molecule has 0 N–H and O–H groups in total. The van der Waals surface area contributed by atoms with Gasteiger partial charge in [-0.05, 0) is 17.4 Å². The van der Waals surface area contributed by atoms with Gasteiger partial charge in [0.2, 0.25) is 0 Å². The van der Waals surface area contributed by atoms with Crippen LogP contribution < -0.4 is 4.89 Å². The quantitative estimate of drug-likeness (QED) is 0.411. The summed E-state index contributed by atoms with van der Waals surface area (Å²) in [6.07, 6.45) is 9.76. The van der Waals surface area contributed by atoms with Gasteiger partial charge in [-0.2, -0.15) is 0 Å². The lowest BCUT2D eigenvalue weighted by Gasteiger charge is -2.11. The van der Waals surface area contributed by atoms with Crippen molar-refractivity contribution < 1.29 is 14.0 Å². The monoisotopic (exact) mass is 248 g/mol. The Morgan fingerprint density at radius 2 is 1.50 bits per heavy atom. The van der Waals surface area contributed by atoms with Crippen LogP contribution in [0, 0.1) is 0 Å². The van der Waals surface area contributed by atoms with Gasteiger partial charge in [0.1, 0.15) is 6.10 Å². The van der Waals surface area contributed by atoms with Crippen LogP contribution in [-0.4, -0.2) is 6.10 Å². The lowest BCUT2D eigenvalue weighted by molar-refractivity contribution is -0.189. The van der Waals surface area contributed by atoms with Gasteiger partial charge >= 0.3 is 8.25 Å². The summed E-state index contributed by atoms with van der Waals surface area (Å²) < 4.78 is 15.5. The Hall–Kier alpha value is 0.0200. The second-order valence-corrected chi connectivity index (χ2v) is 4.95. The summed E-state index contributed by atoms with van der Waals surface area (Å²) in [4.78, 5) is 10.5. The van der Waals surface area contributed by atoms with E-state index in [0.717, 1.165) is 38.5 Å². The summed E-state index contributed by atoms with van der Waals surface area (Å²) >= 11 is 0. The van der Waals surface area contributed by atoms with E-state index in [1.165, 1.54) is 19.3 Å². The van der Waals surface area contributed by atoms with Crippen LogP contribution in [0.1, 0.15) is 71.6 Å². The molecule has 0 aromatic heterocycles. The van der Waals surface area contributed by atoms with Crippen LogP contribution >= 0.6 is 8.25 Å². The first-order valence-electron chi connectivity index (χ1n) is 6.51. The highest BCUT2D eigenvalue weighted by atomic mass is 31.1. The van der Waals surface area contributed by atoms with E-state index < -0.39 is 8.25 Å². The standard InChI is InChI=1S/C12H25O3P/c1-3-5-7-9-11-12(15-16(13)14)10-8-6-4-2/h12H,3-11H2,1-2H3. The third-order valence-electron chi connectivity index (χ3n) is 2.74. The fraction of sp³-hybridized carbons (Fsp3) is 1.00. The van der Waals surface area contributed by atoms with Gasteiger partial charge in [0.05, 0.1) is 0 Å². The van der Waals surface area contributed by atoms with Crippen molar-refractivity contribution in [3.63, 3.8) is 0 Å². The molecule has 0 aliphatic carbocycles. The topological polar surface area (TPSA) is 49.4 Å². The van der Waals surface area contributed by atoms with Crippen LogP contribution in [-0.2, 0) is 9.09 Å². The minimum atomic E-state index is -2.69. The average Bonchev–Trinajstić information content (AvgIpc) is 2.23. The van der Waals surface area contributed by atoms with Crippen molar-refractivity contribution in [1.29, 1.82) is 0 Å². The number of rotatable bonds is 11. The maximum atomic E-state index is 10.5. The zero-order valence-electron chi connectivity index (χ0n) is 10.6. The third-order valence-corrected chi connectivity index (χ3v) is 3.21. The molecule has 0 saturated carbocycles. The van der Waals surface area contributed by atoms with Crippen LogP contribution in [0.2, 0.25) is 0 Å². The molecule has 3 nitrogen and oxygen atoms in total. The molecular weight excluding hydrogens is 223 g/mol. The third kappa shape index (κ3) is 10.5. The average molecular weight is 248 g/mol. The molecule has 0 bridgehead atoms. The largest absolute Gasteiger partial charge is 0.566 e. The van der Waals surface area contributed by atoms with Crippen molar-refractivity contribution in [3.05, 3.63) is 0 Å². The normalized spacial score (nSPS) is 13.8. The zero-order chi connectivity index (χ0) is 12.2. The Bertz CT molecular complexity index is 174. The molecule has 2 unspecified atom stereocenters. The molecule has 0 aliphatic heterocycles. The molecule has 0 aromatic rings. The van der Waals surface area contributed by atoms with E-state index in [-0.39, 0.29) is 6.10 Å². The molecule has 0 aromatic carbocycles. The van der Waals surface area contributed by atoms with Gasteiger partial charge in [-0.25, -0.2) is 0 Å². The van der Waals surface area contributed by atoms with E-state index in [4.69, 9.17) is 4.52 Å². The number of hydrogen-bond donors (Lipinski definition) is 0. The van der Waals surface area contributed by atoms with Crippen molar-refractivity contribution in [2.45, 2.75) is 77.7 Å². The first-order valence-corrected chi connectivity index (χ1v) is 7.61. The Kier molecular flexibility index (Phi) is 11.5. The minimum Gasteiger partial charge on any atom is -0.566 e. The molecule has 0 amide bonds. The van der Waals surface area contributed by atoms with E-state index in [2.05, 4.69) is 13.8 Å². The van der Waals surface area contributed by atoms with Crippen molar-refractivity contribution in [2.75, 3.05) is 0 Å². The molecule has 0 saturated heterocycles. The SMILES string of the molecule is CCCCCCC(CCCCC)O[P+](=O)[O-]. The Morgan fingerprint density at radius 3 is 2.00 bits per heavy atom. The Labute approximate surface area is 101 Å². The molecule has 96 valence electrons. The molecule has 0 aliphatic rings. The second-order valence-electron chi connectivity index (χ2n) is 4.30. The fourth-order valence-corrected chi connectivity index (χ4v) is 2.25. The van der Waals surface area contributed by atoms with E-state index in [1.54, 1.807) is 0 Å². The van der Waals surface area contributed by atoms with E-state index in [0.29, 0.717) is 0 Å². The smallest absolute Gasteiger partial charge is 0.488 e. The summed E-state index contributed by atoms with van der Waals surface area (Å²) in [6.45, 7) is 4.31. The maximum absolute atomic E-state index is 10.5. The van der Waals surface area contributed by atoms with E-state index in [9.17, 15) is 9.46 Å². The van der Waals surface area contributed by atoms with Gasteiger partial charge in [-0.3, -0.25) is 0 Å². The summed E-state index contributed by atoms with van der Waals surface area (Å²) in [5.74, 6) is 0. The van der Waals surface area contributed by atoms with Gasteiger partial charge in [-0.1, -0.05) is 58.8 Å². The lowest BCUT2D eigenvalue weighted by atomic mass is 10.0. The van der Waals surface area contributed by atoms with Crippen molar-refractivity contribution in [2.24, 2.45) is 0 Å². The van der Waals surface area contributed by atoms with Gasteiger partial charge in [0, 0.05) is 0 Å². The molecule has 0 radical (unpaired) electrons. The first kappa shape index (κ1) is 16.0. The van der Waals surface area contributed by atoms with Crippen molar-refractivity contribution in [1.82, 2.24) is 0 Å². The number of unbranched alkanes of at least 4 members (excludes halogenated alkanes) is 5. The molecule has 0 heterocycles. The molecule has 0 rings (SSSR count). The van der Waals surface area contributed by atoms with Crippen LogP contribution in [0.5, 0.6) is 0 Å². The fourth-order valence-electron chi connectivity index (χ4n) is 1.79. The zero-order valence-corrected chi connectivity index (χ0v) is 11.5. The molecular formula is C12H25O3P. The summed E-state index contributed by atoms with van der Waals surface area (Å²) in [5, 5.41) is 0. The highest BCUT2D eigenvalue weighted by molar-refractivity contribution is 7.30.